The van der Waals surface area contributed by atoms with E-state index < -0.39 is 18.0 Å². The van der Waals surface area contributed by atoms with Crippen LogP contribution < -0.4 is 14.8 Å². The average Bonchev–Trinajstić information content (AvgIpc) is 2.79. The molecular formula is C24H23NO5. The fraction of sp³-hybridized carbons (Fsp3) is 0.167. The Morgan fingerprint density at radius 1 is 0.867 bits per heavy atom. The van der Waals surface area contributed by atoms with Crippen LogP contribution in [0.2, 0.25) is 0 Å². The molecule has 0 heterocycles. The van der Waals surface area contributed by atoms with Crippen LogP contribution in [-0.2, 0) is 16.1 Å². The van der Waals surface area contributed by atoms with Gasteiger partial charge in [0.05, 0.1) is 12.7 Å². The molecule has 0 saturated carbocycles. The molecule has 0 aromatic heterocycles. The molecule has 1 N–H and O–H groups in total. The summed E-state index contributed by atoms with van der Waals surface area (Å²) in [4.78, 5) is 25.0. The second-order valence-corrected chi connectivity index (χ2v) is 6.52. The summed E-state index contributed by atoms with van der Waals surface area (Å²) < 4.78 is 16.2. The molecule has 30 heavy (non-hydrogen) atoms. The molecule has 3 aromatic carbocycles. The maximum absolute atomic E-state index is 12.7. The number of esters is 1. The van der Waals surface area contributed by atoms with Crippen molar-refractivity contribution in [3.05, 3.63) is 90.0 Å². The third-order valence-corrected chi connectivity index (χ3v) is 4.39. The first kappa shape index (κ1) is 20.9. The fourth-order valence-electron chi connectivity index (χ4n) is 2.72. The van der Waals surface area contributed by atoms with Gasteiger partial charge in [-0.25, -0.2) is 4.79 Å². The van der Waals surface area contributed by atoms with Crippen molar-refractivity contribution in [2.24, 2.45) is 0 Å². The summed E-state index contributed by atoms with van der Waals surface area (Å²) in [6.07, 6.45) is -0.970. The van der Waals surface area contributed by atoms with Crippen LogP contribution in [-0.4, -0.2) is 25.1 Å². The first-order chi connectivity index (χ1) is 14.6. The summed E-state index contributed by atoms with van der Waals surface area (Å²) in [6.45, 7) is 1.74. The van der Waals surface area contributed by atoms with E-state index in [-0.39, 0.29) is 6.61 Å². The van der Waals surface area contributed by atoms with Crippen molar-refractivity contribution >= 4 is 17.6 Å². The van der Waals surface area contributed by atoms with Crippen molar-refractivity contribution in [2.45, 2.75) is 19.6 Å². The van der Waals surface area contributed by atoms with Gasteiger partial charge in [0.25, 0.3) is 5.91 Å². The van der Waals surface area contributed by atoms with Crippen LogP contribution in [0.5, 0.6) is 11.5 Å². The van der Waals surface area contributed by atoms with E-state index in [0.29, 0.717) is 28.3 Å². The Morgan fingerprint density at radius 3 is 2.23 bits per heavy atom. The second-order valence-electron chi connectivity index (χ2n) is 6.52. The SMILES string of the molecule is COc1ccc(NC(=O)[C@H](C)OC(=O)c2ccccc2COc2ccccc2)cc1. The Balaban J connectivity index is 1.61. The Bertz CT molecular complexity index is 986. The van der Waals surface area contributed by atoms with E-state index in [2.05, 4.69) is 5.32 Å². The van der Waals surface area contributed by atoms with Gasteiger partial charge in [-0.15, -0.1) is 0 Å². The van der Waals surface area contributed by atoms with Crippen LogP contribution in [0.4, 0.5) is 5.69 Å². The molecule has 3 rings (SSSR count). The molecule has 0 aliphatic heterocycles. The molecule has 3 aromatic rings. The van der Waals surface area contributed by atoms with E-state index in [0.717, 1.165) is 0 Å². The molecule has 0 radical (unpaired) electrons. The lowest BCUT2D eigenvalue weighted by molar-refractivity contribution is -0.123. The van der Waals surface area contributed by atoms with Crippen LogP contribution in [0.1, 0.15) is 22.8 Å². The average molecular weight is 405 g/mol. The highest BCUT2D eigenvalue weighted by atomic mass is 16.5. The Kier molecular flexibility index (Phi) is 7.05. The van der Waals surface area contributed by atoms with Crippen molar-refractivity contribution in [2.75, 3.05) is 12.4 Å². The van der Waals surface area contributed by atoms with Gasteiger partial charge in [0, 0.05) is 11.3 Å². The molecular weight excluding hydrogens is 382 g/mol. The highest BCUT2D eigenvalue weighted by molar-refractivity contribution is 5.97. The number of benzene rings is 3. The third-order valence-electron chi connectivity index (χ3n) is 4.39. The van der Waals surface area contributed by atoms with Crippen LogP contribution >= 0.6 is 0 Å². The molecule has 0 unspecified atom stereocenters. The lowest BCUT2D eigenvalue weighted by Crippen LogP contribution is -2.30. The van der Waals surface area contributed by atoms with Gasteiger partial charge in [-0.05, 0) is 49.4 Å². The Labute approximate surface area is 175 Å². The zero-order chi connectivity index (χ0) is 21.3. The van der Waals surface area contributed by atoms with Gasteiger partial charge < -0.3 is 19.5 Å². The van der Waals surface area contributed by atoms with Crippen LogP contribution in [0, 0.1) is 0 Å². The molecule has 1 amide bonds. The molecule has 0 aliphatic rings. The zero-order valence-electron chi connectivity index (χ0n) is 16.8. The fourth-order valence-corrected chi connectivity index (χ4v) is 2.72. The minimum atomic E-state index is -0.970. The van der Waals surface area contributed by atoms with Gasteiger partial charge in [0.1, 0.15) is 18.1 Å². The Hall–Kier alpha value is -3.80. The number of hydrogen-bond donors (Lipinski definition) is 1. The van der Waals surface area contributed by atoms with Gasteiger partial charge in [0.2, 0.25) is 0 Å². The highest BCUT2D eigenvalue weighted by Gasteiger charge is 2.21. The van der Waals surface area contributed by atoms with Crippen molar-refractivity contribution in [3.63, 3.8) is 0 Å². The van der Waals surface area contributed by atoms with Gasteiger partial charge >= 0.3 is 5.97 Å². The number of ether oxygens (including phenoxy) is 3. The number of methoxy groups -OCH3 is 1. The summed E-state index contributed by atoms with van der Waals surface area (Å²) >= 11 is 0. The van der Waals surface area contributed by atoms with E-state index in [1.165, 1.54) is 6.92 Å². The predicted molar refractivity (Wildman–Crippen MR) is 114 cm³/mol. The zero-order valence-corrected chi connectivity index (χ0v) is 16.8. The molecule has 0 saturated heterocycles. The van der Waals surface area contributed by atoms with Gasteiger partial charge in [-0.3, -0.25) is 4.79 Å². The van der Waals surface area contributed by atoms with E-state index in [9.17, 15) is 9.59 Å². The first-order valence-electron chi connectivity index (χ1n) is 9.48. The Morgan fingerprint density at radius 2 is 1.53 bits per heavy atom. The number of carbonyl (C=O) groups excluding carboxylic acids is 2. The monoisotopic (exact) mass is 405 g/mol. The van der Waals surface area contributed by atoms with Crippen LogP contribution in [0.15, 0.2) is 78.9 Å². The second kappa shape index (κ2) is 10.1. The normalized spacial score (nSPS) is 11.3. The minimum Gasteiger partial charge on any atom is -0.497 e. The van der Waals surface area contributed by atoms with Crippen LogP contribution in [0.3, 0.4) is 0 Å². The van der Waals surface area contributed by atoms with E-state index >= 15 is 0 Å². The number of anilines is 1. The highest BCUT2D eigenvalue weighted by Crippen LogP contribution is 2.18. The number of amides is 1. The van der Waals surface area contributed by atoms with Crippen molar-refractivity contribution in [1.82, 2.24) is 0 Å². The molecule has 6 nitrogen and oxygen atoms in total. The molecule has 0 spiro atoms. The maximum atomic E-state index is 12.7. The molecule has 154 valence electrons. The van der Waals surface area contributed by atoms with E-state index in [1.807, 2.05) is 36.4 Å². The van der Waals surface area contributed by atoms with Crippen LogP contribution in [0.25, 0.3) is 0 Å². The summed E-state index contributed by atoms with van der Waals surface area (Å²) in [5, 5.41) is 2.71. The van der Waals surface area contributed by atoms with Gasteiger partial charge in [-0.1, -0.05) is 36.4 Å². The van der Waals surface area contributed by atoms with E-state index in [4.69, 9.17) is 14.2 Å². The summed E-state index contributed by atoms with van der Waals surface area (Å²) in [5.41, 5.74) is 1.62. The molecule has 0 aliphatic carbocycles. The standard InChI is InChI=1S/C24H23NO5/c1-17(23(26)25-19-12-14-20(28-2)15-13-19)30-24(27)22-11-7-6-8-18(22)16-29-21-9-4-3-5-10-21/h3-15,17H,16H2,1-2H3,(H,25,26)/t17-/m0/s1. The quantitative estimate of drug-likeness (QED) is 0.560. The lowest BCUT2D eigenvalue weighted by atomic mass is 10.1. The van der Waals surface area contributed by atoms with Gasteiger partial charge in [-0.2, -0.15) is 0 Å². The third kappa shape index (κ3) is 5.61. The van der Waals surface area contributed by atoms with Crippen molar-refractivity contribution < 1.29 is 23.8 Å². The molecule has 0 fully saturated rings. The number of nitrogens with one attached hydrogen (secondary N) is 1. The summed E-state index contributed by atoms with van der Waals surface area (Å²) in [5.74, 6) is 0.376. The number of para-hydroxylation sites is 1. The molecule has 1 atom stereocenters. The van der Waals surface area contributed by atoms with E-state index in [1.54, 1.807) is 49.6 Å². The minimum absolute atomic E-state index is 0.210. The van der Waals surface area contributed by atoms with Crippen molar-refractivity contribution in [1.29, 1.82) is 0 Å². The summed E-state index contributed by atoms with van der Waals surface area (Å²) in [7, 11) is 1.57. The summed E-state index contributed by atoms with van der Waals surface area (Å²) in [6, 6.07) is 23.2. The topological polar surface area (TPSA) is 73.9 Å². The van der Waals surface area contributed by atoms with Crippen molar-refractivity contribution in [3.8, 4) is 11.5 Å². The number of rotatable bonds is 8. The predicted octanol–water partition coefficient (Wildman–Crippen LogP) is 4.46. The first-order valence-corrected chi connectivity index (χ1v) is 9.48. The molecule has 0 bridgehead atoms. The smallest absolute Gasteiger partial charge is 0.339 e. The molecule has 6 heteroatoms. The number of hydrogen-bond acceptors (Lipinski definition) is 5. The number of carbonyl (C=O) groups is 2. The lowest BCUT2D eigenvalue weighted by Gasteiger charge is -2.15. The van der Waals surface area contributed by atoms with Gasteiger partial charge in [0.15, 0.2) is 6.10 Å². The largest absolute Gasteiger partial charge is 0.497 e. The maximum Gasteiger partial charge on any atom is 0.339 e.